The lowest BCUT2D eigenvalue weighted by molar-refractivity contribution is -0.125. The number of nitrogens with one attached hydrogen (secondary N) is 1. The minimum absolute atomic E-state index is 0.0979. The predicted molar refractivity (Wildman–Crippen MR) is 107 cm³/mol. The average Bonchev–Trinajstić information content (AvgIpc) is 3.14. The first-order valence-corrected chi connectivity index (χ1v) is 9.66. The maximum absolute atomic E-state index is 13.4. The van der Waals surface area contributed by atoms with Crippen molar-refractivity contribution in [3.05, 3.63) is 59.1 Å². The highest BCUT2D eigenvalue weighted by Crippen LogP contribution is 2.37. The normalized spacial score (nSPS) is 18.6. The van der Waals surface area contributed by atoms with E-state index >= 15 is 0 Å². The number of ether oxygens (including phenoxy) is 2. The number of rotatable bonds is 4. The molecule has 2 aliphatic rings. The first-order chi connectivity index (χ1) is 13.6. The summed E-state index contributed by atoms with van der Waals surface area (Å²) < 4.78 is 10.5. The summed E-state index contributed by atoms with van der Waals surface area (Å²) in [6.07, 6.45) is 0.789. The van der Waals surface area contributed by atoms with Gasteiger partial charge in [-0.15, -0.1) is 0 Å². The minimum atomic E-state index is -0.703. The van der Waals surface area contributed by atoms with Gasteiger partial charge in [0, 0.05) is 29.6 Å². The van der Waals surface area contributed by atoms with Gasteiger partial charge < -0.3 is 14.8 Å². The van der Waals surface area contributed by atoms with Crippen molar-refractivity contribution in [2.24, 2.45) is 0 Å². The fraction of sp³-hybridized carbons (Fsp3) is 0.333. The highest BCUT2D eigenvalue weighted by Gasteiger charge is 2.42. The molecule has 2 saturated heterocycles. The summed E-state index contributed by atoms with van der Waals surface area (Å²) in [7, 11) is 0. The van der Waals surface area contributed by atoms with Crippen LogP contribution in [0.3, 0.4) is 0 Å². The molecule has 0 spiro atoms. The summed E-state index contributed by atoms with van der Waals surface area (Å²) in [5.74, 6) is -0.0979. The number of carbonyl (C=O) groups is 2. The molecule has 28 heavy (non-hydrogen) atoms. The summed E-state index contributed by atoms with van der Waals surface area (Å²) >= 11 is 6.19. The molecule has 2 amide bonds. The van der Waals surface area contributed by atoms with Gasteiger partial charge in [0.25, 0.3) is 0 Å². The third kappa shape index (κ3) is 3.57. The highest BCUT2D eigenvalue weighted by molar-refractivity contribution is 6.30. The molecule has 2 fully saturated rings. The zero-order valence-corrected chi connectivity index (χ0v) is 16.1. The van der Waals surface area contributed by atoms with Crippen LogP contribution in [0.15, 0.2) is 48.5 Å². The molecule has 0 aromatic heterocycles. The summed E-state index contributed by atoms with van der Waals surface area (Å²) in [4.78, 5) is 26.7. The van der Waals surface area contributed by atoms with E-state index in [1.54, 1.807) is 17.0 Å². The van der Waals surface area contributed by atoms with Crippen molar-refractivity contribution in [2.45, 2.75) is 18.3 Å². The summed E-state index contributed by atoms with van der Waals surface area (Å²) in [5.41, 5.74) is 1.52. The molecule has 2 aliphatic heterocycles. The molecular formula is C21H21ClN2O4. The van der Waals surface area contributed by atoms with Gasteiger partial charge in [-0.2, -0.15) is 0 Å². The Morgan fingerprint density at radius 3 is 2.57 bits per heavy atom. The number of amides is 2. The molecule has 146 valence electrons. The van der Waals surface area contributed by atoms with Crippen LogP contribution < -0.4 is 10.2 Å². The van der Waals surface area contributed by atoms with Crippen molar-refractivity contribution >= 4 is 35.0 Å². The Morgan fingerprint density at radius 1 is 1.07 bits per heavy atom. The fourth-order valence-corrected chi connectivity index (χ4v) is 3.97. The van der Waals surface area contributed by atoms with E-state index in [2.05, 4.69) is 5.32 Å². The van der Waals surface area contributed by atoms with E-state index in [-0.39, 0.29) is 12.0 Å². The first kappa shape index (κ1) is 18.8. The minimum Gasteiger partial charge on any atom is -0.447 e. The van der Waals surface area contributed by atoms with E-state index < -0.39 is 5.41 Å². The zero-order valence-electron chi connectivity index (χ0n) is 15.3. The number of anilines is 2. The molecule has 7 heteroatoms. The van der Waals surface area contributed by atoms with Gasteiger partial charge in [0.05, 0.1) is 12.0 Å². The molecule has 0 aliphatic carbocycles. The summed E-state index contributed by atoms with van der Waals surface area (Å²) in [5, 5.41) is 3.64. The quantitative estimate of drug-likeness (QED) is 0.842. The lowest BCUT2D eigenvalue weighted by Crippen LogP contribution is -2.44. The highest BCUT2D eigenvalue weighted by atomic mass is 35.5. The number of hydrogen-bond acceptors (Lipinski definition) is 4. The SMILES string of the molecule is O=C1OCCN1c1cccc(NC(=O)C2(c3cccc(Cl)c3)CCOCC2)c1. The van der Waals surface area contributed by atoms with Crippen LogP contribution in [0, 0.1) is 0 Å². The molecule has 4 rings (SSSR count). The molecule has 2 heterocycles. The summed E-state index contributed by atoms with van der Waals surface area (Å²) in [6, 6.07) is 14.7. The standard InChI is InChI=1S/C21H21ClN2O4/c22-16-4-1-3-15(13-16)21(7-10-27-11-8-21)19(25)23-17-5-2-6-18(14-17)24-9-12-28-20(24)26/h1-6,13-14H,7-12H2,(H,23,25). The van der Waals surface area contributed by atoms with Gasteiger partial charge in [-0.05, 0) is 48.7 Å². The third-order valence-corrected chi connectivity index (χ3v) is 5.57. The van der Waals surface area contributed by atoms with Crippen LogP contribution in [0.25, 0.3) is 0 Å². The van der Waals surface area contributed by atoms with E-state index in [4.69, 9.17) is 21.1 Å². The van der Waals surface area contributed by atoms with Crippen LogP contribution in [0.1, 0.15) is 18.4 Å². The van der Waals surface area contributed by atoms with Gasteiger partial charge in [0.2, 0.25) is 5.91 Å². The maximum Gasteiger partial charge on any atom is 0.414 e. The molecule has 0 radical (unpaired) electrons. The topological polar surface area (TPSA) is 67.9 Å². The van der Waals surface area contributed by atoms with Crippen molar-refractivity contribution < 1.29 is 19.1 Å². The predicted octanol–water partition coefficient (Wildman–Crippen LogP) is 3.98. The number of cyclic esters (lactones) is 1. The van der Waals surface area contributed by atoms with Crippen LogP contribution >= 0.6 is 11.6 Å². The van der Waals surface area contributed by atoms with Crippen LogP contribution in [-0.2, 0) is 19.7 Å². The first-order valence-electron chi connectivity index (χ1n) is 9.28. The summed E-state index contributed by atoms with van der Waals surface area (Å²) in [6.45, 7) is 1.90. The lowest BCUT2D eigenvalue weighted by Gasteiger charge is -2.36. The van der Waals surface area contributed by atoms with E-state index in [1.807, 2.05) is 36.4 Å². The average molecular weight is 401 g/mol. The van der Waals surface area contributed by atoms with Gasteiger partial charge >= 0.3 is 6.09 Å². The number of carbonyl (C=O) groups excluding carboxylic acids is 2. The Labute approximate surface area is 168 Å². The molecule has 0 atom stereocenters. The smallest absolute Gasteiger partial charge is 0.414 e. The second-order valence-electron chi connectivity index (χ2n) is 6.98. The fourth-order valence-electron chi connectivity index (χ4n) is 3.78. The Morgan fingerprint density at radius 2 is 1.86 bits per heavy atom. The van der Waals surface area contributed by atoms with Crippen molar-refractivity contribution in [3.63, 3.8) is 0 Å². The molecular weight excluding hydrogens is 380 g/mol. The number of nitrogens with zero attached hydrogens (tertiary/aromatic N) is 1. The van der Waals surface area contributed by atoms with Gasteiger partial charge in [0.1, 0.15) is 6.61 Å². The Balaban J connectivity index is 1.61. The Kier molecular flexibility index (Phi) is 5.24. The van der Waals surface area contributed by atoms with Crippen molar-refractivity contribution in [3.8, 4) is 0 Å². The monoisotopic (exact) mass is 400 g/mol. The van der Waals surface area contributed by atoms with Crippen LogP contribution in [0.5, 0.6) is 0 Å². The number of hydrogen-bond donors (Lipinski definition) is 1. The second kappa shape index (κ2) is 7.81. The van der Waals surface area contributed by atoms with Crippen molar-refractivity contribution in [2.75, 3.05) is 36.6 Å². The van der Waals surface area contributed by atoms with E-state index in [1.165, 1.54) is 0 Å². The largest absolute Gasteiger partial charge is 0.447 e. The van der Waals surface area contributed by atoms with Crippen LogP contribution in [0.4, 0.5) is 16.2 Å². The lowest BCUT2D eigenvalue weighted by atomic mass is 9.73. The Hall–Kier alpha value is -2.57. The molecule has 1 N–H and O–H groups in total. The zero-order chi connectivity index (χ0) is 19.6. The third-order valence-electron chi connectivity index (χ3n) is 5.33. The maximum atomic E-state index is 13.4. The van der Waals surface area contributed by atoms with Crippen LogP contribution in [0.2, 0.25) is 5.02 Å². The molecule has 0 saturated carbocycles. The number of halogens is 1. The molecule has 0 bridgehead atoms. The van der Waals surface area contributed by atoms with E-state index in [0.717, 1.165) is 5.56 Å². The Bertz CT molecular complexity index is 895. The number of benzene rings is 2. The second-order valence-corrected chi connectivity index (χ2v) is 7.41. The van der Waals surface area contributed by atoms with Gasteiger partial charge in [-0.1, -0.05) is 29.8 Å². The van der Waals surface area contributed by atoms with E-state index in [9.17, 15) is 9.59 Å². The van der Waals surface area contributed by atoms with Gasteiger partial charge in [0.15, 0.2) is 0 Å². The molecule has 0 unspecified atom stereocenters. The molecule has 6 nitrogen and oxygen atoms in total. The van der Waals surface area contributed by atoms with Crippen molar-refractivity contribution in [1.29, 1.82) is 0 Å². The van der Waals surface area contributed by atoms with Crippen LogP contribution in [-0.4, -0.2) is 38.4 Å². The van der Waals surface area contributed by atoms with Gasteiger partial charge in [-0.3, -0.25) is 9.69 Å². The van der Waals surface area contributed by atoms with Crippen molar-refractivity contribution in [1.82, 2.24) is 0 Å². The van der Waals surface area contributed by atoms with E-state index in [0.29, 0.717) is 55.6 Å². The van der Waals surface area contributed by atoms with Gasteiger partial charge in [-0.25, -0.2) is 4.79 Å². The molecule has 2 aromatic carbocycles. The molecule has 2 aromatic rings.